The number of sulfonamides is 1. The third kappa shape index (κ3) is 3.28. The largest absolute Gasteiger partial charge is 0.276 e. The minimum absolute atomic E-state index is 0.0648. The maximum absolute atomic E-state index is 13.0. The number of aromatic nitrogens is 4. The van der Waals surface area contributed by atoms with Gasteiger partial charge >= 0.3 is 0 Å². The monoisotopic (exact) mass is 389 g/mol. The highest BCUT2D eigenvalue weighted by atomic mass is 32.2. The van der Waals surface area contributed by atoms with Crippen molar-refractivity contribution in [2.75, 3.05) is 4.72 Å². The molecule has 0 bridgehead atoms. The predicted molar refractivity (Wildman–Crippen MR) is 96.0 cm³/mol. The zero-order valence-corrected chi connectivity index (χ0v) is 14.8. The highest BCUT2D eigenvalue weighted by molar-refractivity contribution is 7.93. The number of anilines is 1. The van der Waals surface area contributed by atoms with E-state index in [0.29, 0.717) is 23.3 Å². The van der Waals surface area contributed by atoms with E-state index in [1.54, 1.807) is 35.1 Å². The molecule has 0 fully saturated rings. The average molecular weight is 389 g/mol. The van der Waals surface area contributed by atoms with Crippen molar-refractivity contribution in [3.05, 3.63) is 66.2 Å². The molecule has 0 aliphatic heterocycles. The predicted octanol–water partition coefficient (Wildman–Crippen LogP) is 2.88. The van der Waals surface area contributed by atoms with Crippen LogP contribution in [0.1, 0.15) is 5.56 Å². The summed E-state index contributed by atoms with van der Waals surface area (Å²) in [5.41, 5.74) is 2.04. The Morgan fingerprint density at radius 2 is 1.92 bits per heavy atom. The number of nitrogens with one attached hydrogen (secondary N) is 1. The topological polar surface area (TPSA) is 89.8 Å². The highest BCUT2D eigenvalue weighted by Crippen LogP contribution is 2.23. The molecule has 0 saturated carbocycles. The molecule has 2 aromatic heterocycles. The van der Waals surface area contributed by atoms with Crippen LogP contribution in [0.2, 0.25) is 0 Å². The molecule has 0 unspecified atom stereocenters. The number of rotatable bonds is 5. The molecule has 26 heavy (non-hydrogen) atoms. The lowest BCUT2D eigenvalue weighted by Gasteiger charge is -2.06. The number of hydrogen-bond donors (Lipinski definition) is 1. The van der Waals surface area contributed by atoms with Gasteiger partial charge in [-0.15, -0.1) is 0 Å². The Morgan fingerprint density at radius 1 is 1.12 bits per heavy atom. The Labute approximate surface area is 152 Å². The summed E-state index contributed by atoms with van der Waals surface area (Å²) in [5, 5.41) is 4.13. The first-order valence-corrected chi connectivity index (χ1v) is 9.74. The highest BCUT2D eigenvalue weighted by Gasteiger charge is 2.20. The van der Waals surface area contributed by atoms with Crippen molar-refractivity contribution < 1.29 is 12.8 Å². The summed E-state index contributed by atoms with van der Waals surface area (Å²) in [6, 6.07) is 10.8. The van der Waals surface area contributed by atoms with E-state index in [-0.39, 0.29) is 10.7 Å². The first kappa shape index (κ1) is 16.6. The van der Waals surface area contributed by atoms with Gasteiger partial charge in [-0.1, -0.05) is 18.2 Å². The zero-order valence-electron chi connectivity index (χ0n) is 13.2. The number of halogens is 1. The number of fused-ring (bicyclic) bond motifs is 1. The Hall–Kier alpha value is -2.85. The molecule has 132 valence electrons. The van der Waals surface area contributed by atoms with Gasteiger partial charge in [-0.2, -0.15) is 13.8 Å². The Kier molecular flexibility index (Phi) is 4.13. The van der Waals surface area contributed by atoms with Crippen LogP contribution in [-0.4, -0.2) is 26.9 Å². The number of nitrogens with zero attached hydrogens (tertiary/aromatic N) is 4. The standard InChI is InChI=1S/C16H12FN5O2S2/c17-12-6-4-11(5-7-12)9-22-10-13(8-18-22)21-26(23,24)15-3-1-2-14-16(15)20-25-19-14/h1-8,10,21H,9H2. The normalized spacial score (nSPS) is 11.7. The quantitative estimate of drug-likeness (QED) is 0.567. The second kappa shape index (κ2) is 6.46. The fraction of sp³-hybridized carbons (Fsp3) is 0.0625. The summed E-state index contributed by atoms with van der Waals surface area (Å²) in [6.45, 7) is 0.396. The fourth-order valence-corrected chi connectivity index (χ4v) is 4.28. The third-order valence-electron chi connectivity index (χ3n) is 3.68. The molecule has 2 aromatic carbocycles. The van der Waals surface area contributed by atoms with Crippen LogP contribution < -0.4 is 4.72 Å². The lowest BCUT2D eigenvalue weighted by molar-refractivity contribution is 0.602. The molecular formula is C16H12FN5O2S2. The number of hydrogen-bond acceptors (Lipinski definition) is 6. The summed E-state index contributed by atoms with van der Waals surface area (Å²) in [4.78, 5) is 0.0648. The molecule has 0 atom stereocenters. The van der Waals surface area contributed by atoms with Crippen molar-refractivity contribution >= 4 is 38.5 Å². The van der Waals surface area contributed by atoms with E-state index >= 15 is 0 Å². The summed E-state index contributed by atoms with van der Waals surface area (Å²) in [7, 11) is -3.82. The molecule has 0 spiro atoms. The summed E-state index contributed by atoms with van der Waals surface area (Å²) in [6.07, 6.45) is 2.99. The summed E-state index contributed by atoms with van der Waals surface area (Å²) < 4.78 is 50.5. The van der Waals surface area contributed by atoms with Gasteiger partial charge in [0.1, 0.15) is 21.7 Å². The van der Waals surface area contributed by atoms with Gasteiger partial charge in [0, 0.05) is 6.20 Å². The van der Waals surface area contributed by atoms with Crippen LogP contribution >= 0.6 is 11.7 Å². The van der Waals surface area contributed by atoms with Crippen LogP contribution in [0.25, 0.3) is 11.0 Å². The zero-order chi connectivity index (χ0) is 18.1. The second-order valence-electron chi connectivity index (χ2n) is 5.55. The van der Waals surface area contributed by atoms with Crippen molar-refractivity contribution in [2.45, 2.75) is 11.4 Å². The molecule has 10 heteroatoms. The van der Waals surface area contributed by atoms with Gasteiger partial charge in [-0.3, -0.25) is 9.40 Å². The van der Waals surface area contributed by atoms with Crippen LogP contribution in [-0.2, 0) is 16.6 Å². The van der Waals surface area contributed by atoms with E-state index in [0.717, 1.165) is 17.3 Å². The first-order valence-electron chi connectivity index (χ1n) is 7.52. The van der Waals surface area contributed by atoms with Crippen molar-refractivity contribution in [1.29, 1.82) is 0 Å². The molecule has 7 nitrogen and oxygen atoms in total. The fourth-order valence-electron chi connectivity index (χ4n) is 2.49. The molecule has 0 radical (unpaired) electrons. The lowest BCUT2D eigenvalue weighted by Crippen LogP contribution is -2.13. The Morgan fingerprint density at radius 3 is 2.73 bits per heavy atom. The molecular weight excluding hydrogens is 377 g/mol. The average Bonchev–Trinajstić information content (AvgIpc) is 3.25. The van der Waals surface area contributed by atoms with Gasteiger partial charge < -0.3 is 0 Å². The molecule has 0 saturated heterocycles. The van der Waals surface area contributed by atoms with Crippen molar-refractivity contribution in [3.63, 3.8) is 0 Å². The molecule has 1 N–H and O–H groups in total. The summed E-state index contributed by atoms with van der Waals surface area (Å²) >= 11 is 0.960. The van der Waals surface area contributed by atoms with Crippen LogP contribution in [0, 0.1) is 5.82 Å². The summed E-state index contributed by atoms with van der Waals surface area (Å²) in [5.74, 6) is -0.312. The van der Waals surface area contributed by atoms with Gasteiger partial charge in [-0.25, -0.2) is 12.8 Å². The van der Waals surface area contributed by atoms with Crippen LogP contribution in [0.3, 0.4) is 0 Å². The van der Waals surface area contributed by atoms with E-state index in [9.17, 15) is 12.8 Å². The van der Waals surface area contributed by atoms with Crippen molar-refractivity contribution in [3.8, 4) is 0 Å². The SMILES string of the molecule is O=S(=O)(Nc1cnn(Cc2ccc(F)cc2)c1)c1cccc2nsnc12. The van der Waals surface area contributed by atoms with Crippen LogP contribution in [0.15, 0.2) is 59.8 Å². The lowest BCUT2D eigenvalue weighted by atomic mass is 10.2. The van der Waals surface area contributed by atoms with Gasteiger partial charge in [-0.05, 0) is 29.8 Å². The van der Waals surface area contributed by atoms with Crippen molar-refractivity contribution in [2.24, 2.45) is 0 Å². The molecule has 0 aliphatic carbocycles. The van der Waals surface area contributed by atoms with E-state index in [4.69, 9.17) is 0 Å². The second-order valence-corrected chi connectivity index (χ2v) is 7.73. The minimum atomic E-state index is -3.82. The third-order valence-corrected chi connectivity index (χ3v) is 5.64. The van der Waals surface area contributed by atoms with Gasteiger partial charge in [0.25, 0.3) is 10.0 Å². The van der Waals surface area contributed by atoms with E-state index in [1.165, 1.54) is 24.4 Å². The van der Waals surface area contributed by atoms with Crippen LogP contribution in [0.4, 0.5) is 10.1 Å². The maximum Gasteiger partial charge on any atom is 0.264 e. The number of benzene rings is 2. The van der Waals surface area contributed by atoms with E-state index < -0.39 is 10.0 Å². The van der Waals surface area contributed by atoms with E-state index in [1.807, 2.05) is 0 Å². The van der Waals surface area contributed by atoms with Crippen molar-refractivity contribution in [1.82, 2.24) is 18.5 Å². The molecule has 2 heterocycles. The van der Waals surface area contributed by atoms with Gasteiger partial charge in [0.2, 0.25) is 0 Å². The maximum atomic E-state index is 13.0. The Bertz CT molecular complexity index is 1170. The molecule has 0 aliphatic rings. The van der Waals surface area contributed by atoms with E-state index in [2.05, 4.69) is 18.6 Å². The molecule has 4 aromatic rings. The van der Waals surface area contributed by atoms with Gasteiger partial charge in [0.15, 0.2) is 0 Å². The smallest absolute Gasteiger partial charge is 0.264 e. The first-order chi connectivity index (χ1) is 12.5. The Balaban J connectivity index is 1.56. The molecule has 4 rings (SSSR count). The van der Waals surface area contributed by atoms with Gasteiger partial charge in [0.05, 0.1) is 30.2 Å². The minimum Gasteiger partial charge on any atom is -0.276 e. The molecule has 0 amide bonds. The van der Waals surface area contributed by atoms with Crippen LogP contribution in [0.5, 0.6) is 0 Å².